The van der Waals surface area contributed by atoms with Crippen LogP contribution in [0, 0.1) is 39.3 Å². The molecule has 0 aliphatic rings. The second-order valence-electron chi connectivity index (χ2n) is 12.3. The Balaban J connectivity index is 0.000000162. The van der Waals surface area contributed by atoms with Gasteiger partial charge in [0, 0.05) is 61.6 Å². The van der Waals surface area contributed by atoms with E-state index in [0.29, 0.717) is 11.4 Å². The highest BCUT2D eigenvalue weighted by Crippen LogP contribution is 2.31. The van der Waals surface area contributed by atoms with E-state index in [-0.39, 0.29) is 11.4 Å². The van der Waals surface area contributed by atoms with Gasteiger partial charge in [-0.15, -0.1) is 0 Å². The fourth-order valence-electron chi connectivity index (χ4n) is 5.64. The third-order valence-corrected chi connectivity index (χ3v) is 8.35. The molecule has 0 aromatic carbocycles. The molecule has 0 atom stereocenters. The second kappa shape index (κ2) is 13.9. The Kier molecular flexibility index (Phi) is 9.03. The normalized spacial score (nSPS) is 11.1. The average Bonchev–Trinajstić information content (AvgIpc) is 3.71. The number of hydrogen-bond donors (Lipinski definition) is 2. The number of anilines is 4. The molecule has 260 valence electrons. The SMILES string of the molecule is Cc1ccc(F)c(-c2cc(Nc3ccnc4cn(C)nc34)c(C)cn2)n1.Cc1ccc(F)c(-c2cc(Nc3ccnc4cnn(C)c34)c(C)cn2)n1. The van der Waals surface area contributed by atoms with Crippen molar-refractivity contribution in [2.75, 3.05) is 10.6 Å². The first-order valence-corrected chi connectivity index (χ1v) is 16.3. The van der Waals surface area contributed by atoms with Crippen LogP contribution in [-0.2, 0) is 14.1 Å². The van der Waals surface area contributed by atoms with E-state index >= 15 is 0 Å². The number of hydrogen-bond acceptors (Lipinski definition) is 10. The van der Waals surface area contributed by atoms with E-state index in [2.05, 4.69) is 50.7 Å². The zero-order valence-corrected chi connectivity index (χ0v) is 29.3. The fraction of sp³-hybridized carbons (Fsp3) is 0.158. The van der Waals surface area contributed by atoms with Crippen molar-refractivity contribution in [3.8, 4) is 22.8 Å². The minimum absolute atomic E-state index is 0.241. The van der Waals surface area contributed by atoms with Crippen LogP contribution >= 0.6 is 0 Å². The molecule has 52 heavy (non-hydrogen) atoms. The van der Waals surface area contributed by atoms with Crippen LogP contribution in [0.3, 0.4) is 0 Å². The van der Waals surface area contributed by atoms with Crippen molar-refractivity contribution in [1.82, 2.24) is 49.5 Å². The van der Waals surface area contributed by atoms with E-state index in [9.17, 15) is 8.78 Å². The van der Waals surface area contributed by atoms with Gasteiger partial charge in [0.15, 0.2) is 11.6 Å². The van der Waals surface area contributed by atoms with E-state index in [0.717, 1.165) is 67.3 Å². The zero-order chi connectivity index (χ0) is 36.5. The number of nitrogens with one attached hydrogen (secondary N) is 2. The van der Waals surface area contributed by atoms with Gasteiger partial charge in [0.25, 0.3) is 0 Å². The maximum atomic E-state index is 14.2. The molecule has 0 aliphatic heterocycles. The van der Waals surface area contributed by atoms with Crippen LogP contribution in [0.2, 0.25) is 0 Å². The molecule has 8 aromatic heterocycles. The monoisotopic (exact) mass is 696 g/mol. The van der Waals surface area contributed by atoms with Gasteiger partial charge in [0.05, 0.1) is 35.2 Å². The average molecular weight is 697 g/mol. The number of aromatic nitrogens is 10. The fourth-order valence-corrected chi connectivity index (χ4v) is 5.64. The Morgan fingerprint density at radius 3 is 1.73 bits per heavy atom. The van der Waals surface area contributed by atoms with Gasteiger partial charge in [0.2, 0.25) is 0 Å². The van der Waals surface area contributed by atoms with Gasteiger partial charge in [-0.25, -0.2) is 18.7 Å². The first kappa shape index (κ1) is 33.8. The van der Waals surface area contributed by atoms with E-state index in [4.69, 9.17) is 0 Å². The highest BCUT2D eigenvalue weighted by molar-refractivity contribution is 5.91. The van der Waals surface area contributed by atoms with Crippen molar-refractivity contribution < 1.29 is 8.78 Å². The summed E-state index contributed by atoms with van der Waals surface area (Å²) >= 11 is 0. The molecular weight excluding hydrogens is 662 g/mol. The molecule has 0 amide bonds. The Hall–Kier alpha value is -6.70. The van der Waals surface area contributed by atoms with Gasteiger partial charge in [-0.2, -0.15) is 10.2 Å². The van der Waals surface area contributed by atoms with Crippen LogP contribution in [0.5, 0.6) is 0 Å². The van der Waals surface area contributed by atoms with Crippen molar-refractivity contribution >= 4 is 44.8 Å². The molecule has 0 spiro atoms. The number of rotatable bonds is 6. The molecule has 14 heteroatoms. The summed E-state index contributed by atoms with van der Waals surface area (Å²) in [6.07, 6.45) is 10.5. The van der Waals surface area contributed by atoms with E-state index in [1.54, 1.807) is 58.5 Å². The summed E-state index contributed by atoms with van der Waals surface area (Å²) in [5, 5.41) is 15.5. The molecule has 8 rings (SSSR count). The second-order valence-corrected chi connectivity index (χ2v) is 12.3. The van der Waals surface area contributed by atoms with Gasteiger partial charge in [-0.1, -0.05) is 0 Å². The molecule has 0 bridgehead atoms. The molecule has 8 heterocycles. The van der Waals surface area contributed by atoms with Crippen molar-refractivity contribution in [3.63, 3.8) is 0 Å². The first-order valence-electron chi connectivity index (χ1n) is 16.3. The summed E-state index contributed by atoms with van der Waals surface area (Å²) in [6.45, 7) is 7.54. The lowest BCUT2D eigenvalue weighted by Gasteiger charge is -2.13. The number of aryl methyl sites for hydroxylation is 6. The highest BCUT2D eigenvalue weighted by Gasteiger charge is 2.15. The van der Waals surface area contributed by atoms with Crippen molar-refractivity contribution in [2.45, 2.75) is 27.7 Å². The number of fused-ring (bicyclic) bond motifs is 2. The Morgan fingerprint density at radius 2 is 1.13 bits per heavy atom. The maximum absolute atomic E-state index is 14.2. The lowest BCUT2D eigenvalue weighted by atomic mass is 10.1. The first-order chi connectivity index (χ1) is 25.0. The molecule has 12 nitrogen and oxygen atoms in total. The summed E-state index contributed by atoms with van der Waals surface area (Å²) in [5.41, 5.74) is 11.4. The largest absolute Gasteiger partial charge is 0.353 e. The molecule has 0 aliphatic carbocycles. The summed E-state index contributed by atoms with van der Waals surface area (Å²) < 4.78 is 31.9. The standard InChI is InChI=1S/2C19H17FN6/c1-11-9-22-16(18-13(20)5-4-12(2)23-18)8-15(11)24-14-6-7-21-17-10-26(3)25-19(14)17;1-11-9-22-16(18-13(20)5-4-12(2)24-18)8-15(11)25-14-6-7-21-17-10-23-26(3)19(14)17/h4-10H,1-3H3,(H,22,24);4-10H,1-3H3,(H,21,22,25). The zero-order valence-electron chi connectivity index (χ0n) is 29.3. The maximum Gasteiger partial charge on any atom is 0.151 e. The van der Waals surface area contributed by atoms with Crippen LogP contribution in [0.4, 0.5) is 31.5 Å². The molecule has 0 saturated heterocycles. The Labute approximate surface area is 297 Å². The van der Waals surface area contributed by atoms with Crippen molar-refractivity contribution in [1.29, 1.82) is 0 Å². The van der Waals surface area contributed by atoms with Gasteiger partial charge in [0.1, 0.15) is 33.5 Å². The van der Waals surface area contributed by atoms with Crippen molar-refractivity contribution in [2.24, 2.45) is 14.1 Å². The third kappa shape index (κ3) is 6.86. The number of halogens is 2. The minimum Gasteiger partial charge on any atom is -0.353 e. The topological polar surface area (TPSA) is 137 Å². The summed E-state index contributed by atoms with van der Waals surface area (Å²) in [6, 6.07) is 13.5. The number of pyridine rings is 6. The van der Waals surface area contributed by atoms with E-state index < -0.39 is 11.6 Å². The van der Waals surface area contributed by atoms with Gasteiger partial charge < -0.3 is 10.6 Å². The van der Waals surface area contributed by atoms with Crippen LogP contribution in [0.15, 0.2) is 85.7 Å². The molecule has 0 saturated carbocycles. The van der Waals surface area contributed by atoms with Gasteiger partial charge >= 0.3 is 0 Å². The van der Waals surface area contributed by atoms with Crippen LogP contribution in [-0.4, -0.2) is 49.5 Å². The molecule has 2 N–H and O–H groups in total. The van der Waals surface area contributed by atoms with Crippen molar-refractivity contribution in [3.05, 3.63) is 120 Å². The molecule has 0 unspecified atom stereocenters. The van der Waals surface area contributed by atoms with Crippen LogP contribution < -0.4 is 10.6 Å². The third-order valence-electron chi connectivity index (χ3n) is 8.35. The predicted octanol–water partition coefficient (Wildman–Crippen LogP) is 7.85. The molecule has 8 aromatic rings. The molecular formula is C38H34F2N12. The quantitative estimate of drug-likeness (QED) is 0.177. The lowest BCUT2D eigenvalue weighted by Crippen LogP contribution is -2.00. The molecule has 0 radical (unpaired) electrons. The Bertz CT molecular complexity index is 2590. The van der Waals surface area contributed by atoms with E-state index in [1.807, 2.05) is 66.2 Å². The summed E-state index contributed by atoms with van der Waals surface area (Å²) in [5.74, 6) is -0.787. The lowest BCUT2D eigenvalue weighted by molar-refractivity contribution is 0.623. The van der Waals surface area contributed by atoms with Crippen LogP contribution in [0.1, 0.15) is 22.5 Å². The summed E-state index contributed by atoms with van der Waals surface area (Å²) in [4.78, 5) is 25.9. The summed E-state index contributed by atoms with van der Waals surface area (Å²) in [7, 11) is 3.72. The highest BCUT2D eigenvalue weighted by atomic mass is 19.1. The smallest absolute Gasteiger partial charge is 0.151 e. The van der Waals surface area contributed by atoms with Crippen LogP contribution in [0.25, 0.3) is 44.8 Å². The number of nitrogens with zero attached hydrogens (tertiary/aromatic N) is 10. The Morgan fingerprint density at radius 1 is 0.596 bits per heavy atom. The van der Waals surface area contributed by atoms with E-state index in [1.165, 1.54) is 12.1 Å². The van der Waals surface area contributed by atoms with Gasteiger partial charge in [-0.05, 0) is 87.4 Å². The minimum atomic E-state index is -0.395. The predicted molar refractivity (Wildman–Crippen MR) is 197 cm³/mol. The van der Waals surface area contributed by atoms with Gasteiger partial charge in [-0.3, -0.25) is 29.3 Å². The molecule has 0 fully saturated rings.